The molecule has 0 amide bonds. The van der Waals surface area contributed by atoms with Gasteiger partial charge in [0.05, 0.1) is 18.5 Å². The van der Waals surface area contributed by atoms with Crippen LogP contribution in [0.5, 0.6) is 5.88 Å². The van der Waals surface area contributed by atoms with Gasteiger partial charge in [0.1, 0.15) is 0 Å². The molecular formula is C16H21N3O. The van der Waals surface area contributed by atoms with Crippen LogP contribution in [0.4, 0.5) is 11.4 Å². The molecule has 2 rings (SSSR count). The largest absolute Gasteiger partial charge is 0.478 e. The first kappa shape index (κ1) is 14.2. The first-order chi connectivity index (χ1) is 9.66. The first-order valence-corrected chi connectivity index (χ1v) is 6.76. The third kappa shape index (κ3) is 3.88. The zero-order valence-corrected chi connectivity index (χ0v) is 12.0. The van der Waals surface area contributed by atoms with Crippen LogP contribution in [0.1, 0.15) is 12.0 Å². The topological polar surface area (TPSA) is 51.4 Å². The molecule has 0 saturated heterocycles. The number of benzene rings is 1. The van der Waals surface area contributed by atoms with Crippen LogP contribution < -0.4 is 15.4 Å². The minimum Gasteiger partial charge on any atom is -0.478 e. The summed E-state index contributed by atoms with van der Waals surface area (Å²) in [5.74, 6) is 0.625. The number of nitrogens with zero attached hydrogens (tertiary/aromatic N) is 2. The van der Waals surface area contributed by atoms with Crippen LogP contribution in [0.2, 0.25) is 0 Å². The molecule has 0 spiro atoms. The van der Waals surface area contributed by atoms with Crippen molar-refractivity contribution in [2.75, 3.05) is 31.3 Å². The van der Waals surface area contributed by atoms with Gasteiger partial charge in [-0.25, -0.2) is 4.98 Å². The molecule has 0 aliphatic rings. The van der Waals surface area contributed by atoms with Gasteiger partial charge >= 0.3 is 0 Å². The predicted molar refractivity (Wildman–Crippen MR) is 83.2 cm³/mol. The highest BCUT2D eigenvalue weighted by Crippen LogP contribution is 2.19. The van der Waals surface area contributed by atoms with Gasteiger partial charge in [-0.1, -0.05) is 18.2 Å². The van der Waals surface area contributed by atoms with E-state index >= 15 is 0 Å². The minimum absolute atomic E-state index is 0.625. The number of ether oxygens (including phenoxy) is 1. The van der Waals surface area contributed by atoms with E-state index in [9.17, 15) is 0 Å². The summed E-state index contributed by atoms with van der Waals surface area (Å²) in [4.78, 5) is 6.25. The van der Waals surface area contributed by atoms with Crippen molar-refractivity contribution in [3.8, 4) is 5.88 Å². The number of hydrogen-bond acceptors (Lipinski definition) is 4. The molecule has 2 aromatic rings. The van der Waals surface area contributed by atoms with E-state index in [-0.39, 0.29) is 0 Å². The van der Waals surface area contributed by atoms with Crippen molar-refractivity contribution in [1.29, 1.82) is 0 Å². The lowest BCUT2D eigenvalue weighted by atomic mass is 10.1. The van der Waals surface area contributed by atoms with Crippen LogP contribution in [-0.2, 0) is 6.42 Å². The quantitative estimate of drug-likeness (QED) is 0.821. The van der Waals surface area contributed by atoms with Crippen LogP contribution in [0, 0.1) is 0 Å². The second-order valence-electron chi connectivity index (χ2n) is 4.90. The molecule has 1 heterocycles. The smallest absolute Gasteiger partial charge is 0.213 e. The molecule has 0 aliphatic carbocycles. The van der Waals surface area contributed by atoms with Crippen molar-refractivity contribution in [3.05, 3.63) is 48.2 Å². The summed E-state index contributed by atoms with van der Waals surface area (Å²) in [6, 6.07) is 12.0. The Morgan fingerprint density at radius 1 is 1.15 bits per heavy atom. The molecule has 0 aliphatic heterocycles. The van der Waals surface area contributed by atoms with Crippen LogP contribution in [-0.4, -0.2) is 25.7 Å². The first-order valence-electron chi connectivity index (χ1n) is 6.76. The Balaban J connectivity index is 1.83. The van der Waals surface area contributed by atoms with Crippen molar-refractivity contribution >= 4 is 11.4 Å². The zero-order chi connectivity index (χ0) is 14.4. The Labute approximate surface area is 120 Å². The maximum Gasteiger partial charge on any atom is 0.213 e. The van der Waals surface area contributed by atoms with Crippen molar-refractivity contribution in [3.63, 3.8) is 0 Å². The van der Waals surface area contributed by atoms with Gasteiger partial charge in [0, 0.05) is 25.8 Å². The number of nitrogens with two attached hydrogens (primary N) is 1. The van der Waals surface area contributed by atoms with Crippen molar-refractivity contribution < 1.29 is 4.74 Å². The summed E-state index contributed by atoms with van der Waals surface area (Å²) in [7, 11) is 4.13. The SMILES string of the molecule is CN(C)c1ccccc1CCCOc1ccc(N)cn1. The molecule has 0 atom stereocenters. The van der Waals surface area contributed by atoms with Crippen molar-refractivity contribution in [1.82, 2.24) is 4.98 Å². The molecule has 1 aromatic heterocycles. The fourth-order valence-corrected chi connectivity index (χ4v) is 2.07. The lowest BCUT2D eigenvalue weighted by Gasteiger charge is -2.17. The Kier molecular flexibility index (Phi) is 4.82. The highest BCUT2D eigenvalue weighted by atomic mass is 16.5. The monoisotopic (exact) mass is 271 g/mol. The van der Waals surface area contributed by atoms with Gasteiger partial charge in [0.15, 0.2) is 0 Å². The molecule has 0 unspecified atom stereocenters. The van der Waals surface area contributed by atoms with Gasteiger partial charge in [0.2, 0.25) is 5.88 Å². The van der Waals surface area contributed by atoms with E-state index in [1.807, 2.05) is 0 Å². The summed E-state index contributed by atoms with van der Waals surface area (Å²) in [6.07, 6.45) is 3.55. The Bertz CT molecular complexity index is 538. The zero-order valence-electron chi connectivity index (χ0n) is 12.0. The normalized spacial score (nSPS) is 10.3. The maximum absolute atomic E-state index is 5.60. The van der Waals surface area contributed by atoms with E-state index in [0.29, 0.717) is 18.2 Å². The summed E-state index contributed by atoms with van der Waals surface area (Å²) >= 11 is 0. The summed E-state index contributed by atoms with van der Waals surface area (Å²) in [5.41, 5.74) is 8.83. The predicted octanol–water partition coefficient (Wildman–Crippen LogP) is 2.74. The Hall–Kier alpha value is -2.23. The highest BCUT2D eigenvalue weighted by Gasteiger charge is 2.03. The second-order valence-corrected chi connectivity index (χ2v) is 4.90. The average molecular weight is 271 g/mol. The fourth-order valence-electron chi connectivity index (χ4n) is 2.07. The number of aromatic nitrogens is 1. The van der Waals surface area contributed by atoms with Crippen LogP contribution in [0.25, 0.3) is 0 Å². The van der Waals surface area contributed by atoms with E-state index in [1.54, 1.807) is 18.3 Å². The standard InChI is InChI=1S/C16H21N3O/c1-19(2)15-8-4-3-6-13(15)7-5-11-20-16-10-9-14(17)12-18-16/h3-4,6,8-10,12H,5,7,11,17H2,1-2H3. The second kappa shape index (κ2) is 6.80. The highest BCUT2D eigenvalue weighted by molar-refractivity contribution is 5.52. The molecule has 0 bridgehead atoms. The molecule has 0 radical (unpaired) electrons. The van der Waals surface area contributed by atoms with Gasteiger partial charge in [-0.15, -0.1) is 0 Å². The summed E-state index contributed by atoms with van der Waals surface area (Å²) in [6.45, 7) is 0.651. The van der Waals surface area contributed by atoms with Gasteiger partial charge in [0.25, 0.3) is 0 Å². The molecule has 106 valence electrons. The number of nitrogen functional groups attached to an aromatic ring is 1. The van der Waals surface area contributed by atoms with Crippen LogP contribution in [0.15, 0.2) is 42.6 Å². The van der Waals surface area contributed by atoms with Crippen LogP contribution in [0.3, 0.4) is 0 Å². The Morgan fingerprint density at radius 3 is 2.65 bits per heavy atom. The molecule has 4 heteroatoms. The molecular weight excluding hydrogens is 250 g/mol. The van der Waals surface area contributed by atoms with E-state index in [4.69, 9.17) is 10.5 Å². The third-order valence-corrected chi connectivity index (χ3v) is 3.07. The van der Waals surface area contributed by atoms with Gasteiger partial charge in [-0.3, -0.25) is 0 Å². The molecule has 4 nitrogen and oxygen atoms in total. The minimum atomic E-state index is 0.625. The van der Waals surface area contributed by atoms with Crippen LogP contribution >= 0.6 is 0 Å². The Morgan fingerprint density at radius 2 is 1.95 bits per heavy atom. The number of anilines is 2. The number of pyridine rings is 1. The maximum atomic E-state index is 5.60. The molecule has 0 saturated carbocycles. The van der Waals surface area contributed by atoms with E-state index in [0.717, 1.165) is 12.8 Å². The van der Waals surface area contributed by atoms with Gasteiger partial charge < -0.3 is 15.4 Å². The molecule has 2 N–H and O–H groups in total. The number of aryl methyl sites for hydroxylation is 1. The number of rotatable bonds is 6. The van der Waals surface area contributed by atoms with Crippen molar-refractivity contribution in [2.24, 2.45) is 0 Å². The lowest BCUT2D eigenvalue weighted by molar-refractivity contribution is 0.299. The van der Waals surface area contributed by atoms with Gasteiger partial charge in [-0.05, 0) is 30.5 Å². The molecule has 20 heavy (non-hydrogen) atoms. The van der Waals surface area contributed by atoms with Gasteiger partial charge in [-0.2, -0.15) is 0 Å². The summed E-state index contributed by atoms with van der Waals surface area (Å²) < 4.78 is 5.60. The fraction of sp³-hybridized carbons (Fsp3) is 0.312. The molecule has 0 fully saturated rings. The number of para-hydroxylation sites is 1. The average Bonchev–Trinajstić information content (AvgIpc) is 2.46. The molecule has 1 aromatic carbocycles. The van der Waals surface area contributed by atoms with Crippen molar-refractivity contribution in [2.45, 2.75) is 12.8 Å². The van der Waals surface area contributed by atoms with E-state index < -0.39 is 0 Å². The summed E-state index contributed by atoms with van der Waals surface area (Å²) in [5, 5.41) is 0. The van der Waals surface area contributed by atoms with E-state index in [1.165, 1.54) is 11.3 Å². The lowest BCUT2D eigenvalue weighted by Crippen LogP contribution is -2.11. The number of hydrogen-bond donors (Lipinski definition) is 1. The van der Waals surface area contributed by atoms with E-state index in [2.05, 4.69) is 48.2 Å². The third-order valence-electron chi connectivity index (χ3n) is 3.07.